The van der Waals surface area contributed by atoms with E-state index in [4.69, 9.17) is 4.98 Å². The van der Waals surface area contributed by atoms with E-state index in [1.54, 1.807) is 12.1 Å². The standard InChI is InChI=1S/C22H25N5O2/c1-14-7-5-10-18-21(14)26-22(25-18)19-11-6-12-27(19)13-20(29)24-17-9-4-3-8-16(17)23-15(2)28/h3-5,7-10,19H,6,11-13H2,1-2H3,(H,23,28)(H,24,29)(H,25,26)/t19-/m0/s1. The fraction of sp³-hybridized carbons (Fsp3) is 0.318. The van der Waals surface area contributed by atoms with E-state index in [1.165, 1.54) is 6.92 Å². The van der Waals surface area contributed by atoms with Crippen LogP contribution in [0.4, 0.5) is 11.4 Å². The Morgan fingerprint density at radius 2 is 1.90 bits per heavy atom. The molecule has 0 aliphatic carbocycles. The van der Waals surface area contributed by atoms with Crippen molar-refractivity contribution in [2.45, 2.75) is 32.7 Å². The van der Waals surface area contributed by atoms with Crippen molar-refractivity contribution in [1.82, 2.24) is 14.9 Å². The molecule has 7 nitrogen and oxygen atoms in total. The highest BCUT2D eigenvalue weighted by atomic mass is 16.2. The monoisotopic (exact) mass is 391 g/mol. The minimum Gasteiger partial charge on any atom is -0.341 e. The molecule has 29 heavy (non-hydrogen) atoms. The molecule has 0 spiro atoms. The zero-order valence-corrected chi connectivity index (χ0v) is 16.7. The molecule has 1 saturated heterocycles. The van der Waals surface area contributed by atoms with Crippen molar-refractivity contribution in [3.05, 3.63) is 53.9 Å². The molecule has 0 radical (unpaired) electrons. The van der Waals surface area contributed by atoms with Gasteiger partial charge in [-0.25, -0.2) is 4.98 Å². The molecular weight excluding hydrogens is 366 g/mol. The van der Waals surface area contributed by atoms with Crippen LogP contribution in [0.3, 0.4) is 0 Å². The predicted octanol–water partition coefficient (Wildman–Crippen LogP) is 3.61. The number of imidazole rings is 1. The van der Waals surface area contributed by atoms with Gasteiger partial charge in [0.1, 0.15) is 5.82 Å². The van der Waals surface area contributed by atoms with Crippen LogP contribution in [0.15, 0.2) is 42.5 Å². The van der Waals surface area contributed by atoms with E-state index >= 15 is 0 Å². The molecular formula is C22H25N5O2. The molecule has 2 heterocycles. The van der Waals surface area contributed by atoms with Crippen LogP contribution >= 0.6 is 0 Å². The first-order valence-corrected chi connectivity index (χ1v) is 9.87. The summed E-state index contributed by atoms with van der Waals surface area (Å²) in [6.45, 7) is 4.62. The van der Waals surface area contributed by atoms with Crippen LogP contribution in [-0.4, -0.2) is 39.8 Å². The van der Waals surface area contributed by atoms with Crippen LogP contribution < -0.4 is 10.6 Å². The number of hydrogen-bond donors (Lipinski definition) is 3. The Kier molecular flexibility index (Phi) is 5.31. The number of aryl methyl sites for hydroxylation is 1. The van der Waals surface area contributed by atoms with E-state index in [1.807, 2.05) is 24.3 Å². The molecule has 1 aliphatic rings. The van der Waals surface area contributed by atoms with Gasteiger partial charge in [-0.15, -0.1) is 0 Å². The minimum atomic E-state index is -0.175. The van der Waals surface area contributed by atoms with Crippen molar-refractivity contribution in [1.29, 1.82) is 0 Å². The number of rotatable bonds is 5. The first kappa shape index (κ1) is 19.1. The maximum Gasteiger partial charge on any atom is 0.238 e. The number of carbonyl (C=O) groups is 2. The van der Waals surface area contributed by atoms with Gasteiger partial charge in [-0.3, -0.25) is 14.5 Å². The second-order valence-electron chi connectivity index (χ2n) is 7.50. The molecule has 2 amide bonds. The molecule has 0 saturated carbocycles. The number of aromatic nitrogens is 2. The van der Waals surface area contributed by atoms with Crippen molar-refractivity contribution >= 4 is 34.2 Å². The Morgan fingerprint density at radius 1 is 1.14 bits per heavy atom. The first-order chi connectivity index (χ1) is 14.0. The van der Waals surface area contributed by atoms with E-state index in [2.05, 4.69) is 33.5 Å². The summed E-state index contributed by atoms with van der Waals surface area (Å²) in [5.74, 6) is 0.631. The lowest BCUT2D eigenvalue weighted by atomic mass is 10.2. The van der Waals surface area contributed by atoms with Crippen LogP contribution in [0.5, 0.6) is 0 Å². The van der Waals surface area contributed by atoms with Crippen LogP contribution in [0.2, 0.25) is 0 Å². The van der Waals surface area contributed by atoms with E-state index in [-0.39, 0.29) is 24.4 Å². The Bertz CT molecular complexity index is 1060. The minimum absolute atomic E-state index is 0.0955. The highest BCUT2D eigenvalue weighted by Crippen LogP contribution is 2.32. The van der Waals surface area contributed by atoms with Crippen molar-refractivity contribution in [3.8, 4) is 0 Å². The van der Waals surface area contributed by atoms with Gasteiger partial charge in [0, 0.05) is 6.92 Å². The predicted molar refractivity (Wildman–Crippen MR) is 114 cm³/mol. The third-order valence-electron chi connectivity index (χ3n) is 5.27. The largest absolute Gasteiger partial charge is 0.341 e. The zero-order valence-electron chi connectivity index (χ0n) is 16.7. The van der Waals surface area contributed by atoms with Gasteiger partial charge < -0.3 is 15.6 Å². The van der Waals surface area contributed by atoms with Gasteiger partial charge in [0.2, 0.25) is 11.8 Å². The quantitative estimate of drug-likeness (QED) is 0.620. The lowest BCUT2D eigenvalue weighted by Gasteiger charge is -2.22. The second kappa shape index (κ2) is 8.05. The van der Waals surface area contributed by atoms with E-state index < -0.39 is 0 Å². The average molecular weight is 391 g/mol. The molecule has 0 bridgehead atoms. The first-order valence-electron chi connectivity index (χ1n) is 9.87. The summed E-state index contributed by atoms with van der Waals surface area (Å²) in [5, 5.41) is 5.67. The fourth-order valence-corrected chi connectivity index (χ4v) is 3.94. The van der Waals surface area contributed by atoms with Gasteiger partial charge in [-0.2, -0.15) is 0 Å². The Labute approximate surface area is 169 Å². The van der Waals surface area contributed by atoms with Crippen molar-refractivity contribution in [2.75, 3.05) is 23.7 Å². The number of para-hydroxylation sites is 3. The van der Waals surface area contributed by atoms with E-state index in [0.29, 0.717) is 11.4 Å². The third-order valence-corrected chi connectivity index (χ3v) is 5.27. The summed E-state index contributed by atoms with van der Waals surface area (Å²) in [6.07, 6.45) is 1.99. The van der Waals surface area contributed by atoms with E-state index in [9.17, 15) is 9.59 Å². The van der Waals surface area contributed by atoms with Crippen LogP contribution in [-0.2, 0) is 9.59 Å². The topological polar surface area (TPSA) is 90.1 Å². The Morgan fingerprint density at radius 3 is 2.62 bits per heavy atom. The van der Waals surface area contributed by atoms with Crippen molar-refractivity contribution < 1.29 is 9.59 Å². The Balaban J connectivity index is 1.48. The highest BCUT2D eigenvalue weighted by molar-refractivity contribution is 5.99. The molecule has 2 aromatic carbocycles. The van der Waals surface area contributed by atoms with E-state index in [0.717, 1.165) is 41.8 Å². The zero-order chi connectivity index (χ0) is 20.4. The normalized spacial score (nSPS) is 16.8. The number of benzene rings is 2. The number of fused-ring (bicyclic) bond motifs is 1. The smallest absolute Gasteiger partial charge is 0.238 e. The molecule has 7 heteroatoms. The number of aromatic amines is 1. The molecule has 1 atom stereocenters. The maximum absolute atomic E-state index is 12.7. The highest BCUT2D eigenvalue weighted by Gasteiger charge is 2.30. The summed E-state index contributed by atoms with van der Waals surface area (Å²) >= 11 is 0. The van der Waals surface area contributed by atoms with Gasteiger partial charge in [-0.05, 0) is 50.1 Å². The molecule has 1 fully saturated rings. The van der Waals surface area contributed by atoms with Crippen LogP contribution in [0.25, 0.3) is 11.0 Å². The van der Waals surface area contributed by atoms with Crippen molar-refractivity contribution in [3.63, 3.8) is 0 Å². The van der Waals surface area contributed by atoms with Gasteiger partial charge in [-0.1, -0.05) is 24.3 Å². The maximum atomic E-state index is 12.7. The third kappa shape index (κ3) is 4.14. The van der Waals surface area contributed by atoms with Crippen molar-refractivity contribution in [2.24, 2.45) is 0 Å². The second-order valence-corrected chi connectivity index (χ2v) is 7.50. The summed E-state index contributed by atoms with van der Waals surface area (Å²) in [4.78, 5) is 34.5. The van der Waals surface area contributed by atoms with Crippen LogP contribution in [0.1, 0.15) is 37.2 Å². The number of nitrogens with one attached hydrogen (secondary N) is 3. The summed E-state index contributed by atoms with van der Waals surface area (Å²) in [7, 11) is 0. The number of anilines is 2. The van der Waals surface area contributed by atoms with Gasteiger partial charge in [0.05, 0.1) is 35.0 Å². The lowest BCUT2D eigenvalue weighted by molar-refractivity contribution is -0.117. The van der Waals surface area contributed by atoms with Gasteiger partial charge in [0.25, 0.3) is 0 Å². The number of amides is 2. The number of likely N-dealkylation sites (tertiary alicyclic amines) is 1. The molecule has 0 unspecified atom stereocenters. The lowest BCUT2D eigenvalue weighted by Crippen LogP contribution is -2.33. The number of nitrogens with zero attached hydrogens (tertiary/aromatic N) is 2. The van der Waals surface area contributed by atoms with Crippen LogP contribution in [0, 0.1) is 6.92 Å². The average Bonchev–Trinajstić information content (AvgIpc) is 3.30. The fourth-order valence-electron chi connectivity index (χ4n) is 3.94. The Hall–Kier alpha value is -3.19. The SMILES string of the molecule is CC(=O)Nc1ccccc1NC(=O)CN1CCC[C@H]1c1nc2c(C)cccc2[nH]1. The van der Waals surface area contributed by atoms with Gasteiger partial charge >= 0.3 is 0 Å². The molecule has 3 N–H and O–H groups in total. The molecule has 3 aromatic rings. The summed E-state index contributed by atoms with van der Waals surface area (Å²) in [5.41, 5.74) is 4.35. The summed E-state index contributed by atoms with van der Waals surface area (Å²) in [6, 6.07) is 13.4. The molecule has 150 valence electrons. The summed E-state index contributed by atoms with van der Waals surface area (Å²) < 4.78 is 0. The number of carbonyl (C=O) groups excluding carboxylic acids is 2. The number of H-pyrrole nitrogens is 1. The number of hydrogen-bond acceptors (Lipinski definition) is 4. The molecule has 1 aromatic heterocycles. The molecule has 1 aliphatic heterocycles. The molecule has 4 rings (SSSR count). The van der Waals surface area contributed by atoms with Gasteiger partial charge in [0.15, 0.2) is 0 Å².